The van der Waals surface area contributed by atoms with Crippen molar-refractivity contribution in [2.75, 3.05) is 30.6 Å². The maximum absolute atomic E-state index is 9.46. The third-order valence-corrected chi connectivity index (χ3v) is 2.04. The molecular weight excluding hydrogens is 244 g/mol. The average Bonchev–Trinajstić information content (AvgIpc) is 2.28. The van der Waals surface area contributed by atoms with Crippen LogP contribution in [0.3, 0.4) is 0 Å². The van der Waals surface area contributed by atoms with E-state index in [0.717, 1.165) is 0 Å². The highest BCUT2D eigenvalue weighted by Crippen LogP contribution is 2.16. The minimum atomic E-state index is -0.301. The average molecular weight is 255 g/mol. The lowest BCUT2D eigenvalue weighted by Crippen LogP contribution is -2.16. The number of aliphatic hydroxyl groups excluding tert-OH is 1. The number of hydrogen-bond acceptors (Lipinski definition) is 7. The van der Waals surface area contributed by atoms with Gasteiger partial charge in [-0.2, -0.15) is 20.2 Å². The van der Waals surface area contributed by atoms with Crippen molar-refractivity contribution in [3.05, 3.63) is 11.6 Å². The summed E-state index contributed by atoms with van der Waals surface area (Å²) in [5, 5.41) is 18.4. The Kier molecular flexibility index (Phi) is 4.06. The molecule has 3 N–H and O–H groups in total. The van der Waals surface area contributed by atoms with E-state index in [2.05, 4.69) is 15.0 Å². The van der Waals surface area contributed by atoms with Gasteiger partial charge in [-0.3, -0.25) is 0 Å². The monoisotopic (exact) mass is 254 g/mol. The summed E-state index contributed by atoms with van der Waals surface area (Å²) >= 11 is 5.45. The summed E-state index contributed by atoms with van der Waals surface area (Å²) in [5.74, 6) is -0.242. The lowest BCUT2D eigenvalue weighted by Gasteiger charge is -2.11. The first-order valence-corrected chi connectivity index (χ1v) is 5.10. The standard InChI is InChI=1S/C9H11ClN6O/c1-16(2)9-14-7(13-8(12)15-9)5(4-11)6(17)3-10/h17H,3H2,1-2H3,(H2,12,13,14,15)/b6-5-. The van der Waals surface area contributed by atoms with Gasteiger partial charge in [0.05, 0.1) is 5.88 Å². The highest BCUT2D eigenvalue weighted by molar-refractivity contribution is 6.19. The number of nitrogens with two attached hydrogens (primary N) is 1. The Morgan fingerprint density at radius 2 is 2.12 bits per heavy atom. The van der Waals surface area contributed by atoms with Gasteiger partial charge in [-0.25, -0.2) is 0 Å². The molecule has 1 heterocycles. The van der Waals surface area contributed by atoms with E-state index in [4.69, 9.17) is 22.6 Å². The Morgan fingerprint density at radius 1 is 1.47 bits per heavy atom. The van der Waals surface area contributed by atoms with Crippen molar-refractivity contribution < 1.29 is 5.11 Å². The van der Waals surface area contributed by atoms with E-state index in [1.54, 1.807) is 25.1 Å². The van der Waals surface area contributed by atoms with Crippen molar-refractivity contribution in [3.63, 3.8) is 0 Å². The van der Waals surface area contributed by atoms with E-state index in [9.17, 15) is 5.11 Å². The number of nitriles is 1. The fourth-order valence-electron chi connectivity index (χ4n) is 1.00. The fourth-order valence-corrected chi connectivity index (χ4v) is 1.14. The van der Waals surface area contributed by atoms with Crippen LogP contribution < -0.4 is 10.6 Å². The predicted molar refractivity (Wildman–Crippen MR) is 64.4 cm³/mol. The molecule has 1 aromatic heterocycles. The fraction of sp³-hybridized carbons (Fsp3) is 0.333. The zero-order valence-corrected chi connectivity index (χ0v) is 10.1. The summed E-state index contributed by atoms with van der Waals surface area (Å²) in [6.07, 6.45) is 0. The molecule has 0 bridgehead atoms. The van der Waals surface area contributed by atoms with Gasteiger partial charge in [0.1, 0.15) is 17.4 Å². The summed E-state index contributed by atoms with van der Waals surface area (Å²) in [4.78, 5) is 13.3. The summed E-state index contributed by atoms with van der Waals surface area (Å²) in [6, 6.07) is 1.78. The molecule has 0 aliphatic heterocycles. The molecule has 1 rings (SSSR count). The van der Waals surface area contributed by atoms with Crippen LogP contribution in [-0.2, 0) is 0 Å². The second-order valence-corrected chi connectivity index (χ2v) is 3.55. The molecule has 90 valence electrons. The number of anilines is 2. The van der Waals surface area contributed by atoms with Crippen molar-refractivity contribution in [3.8, 4) is 6.07 Å². The SMILES string of the molecule is CN(C)c1nc(N)nc(/C(C#N)=C(\O)CCl)n1. The van der Waals surface area contributed by atoms with Crippen molar-refractivity contribution >= 4 is 29.1 Å². The number of allylic oxidation sites excluding steroid dienone is 2. The van der Waals surface area contributed by atoms with E-state index < -0.39 is 0 Å². The molecule has 0 unspecified atom stereocenters. The van der Waals surface area contributed by atoms with E-state index in [-0.39, 0.29) is 29.0 Å². The molecule has 0 aromatic carbocycles. The first kappa shape index (κ1) is 13.0. The number of aromatic nitrogens is 3. The number of aliphatic hydroxyl groups is 1. The van der Waals surface area contributed by atoms with Crippen molar-refractivity contribution in [1.82, 2.24) is 15.0 Å². The van der Waals surface area contributed by atoms with E-state index in [1.165, 1.54) is 0 Å². The number of halogens is 1. The van der Waals surface area contributed by atoms with Gasteiger partial charge in [0.2, 0.25) is 11.9 Å². The second kappa shape index (κ2) is 5.32. The predicted octanol–water partition coefficient (Wildman–Crippen LogP) is 0.551. The van der Waals surface area contributed by atoms with E-state index >= 15 is 0 Å². The smallest absolute Gasteiger partial charge is 0.230 e. The third kappa shape index (κ3) is 2.95. The lowest BCUT2D eigenvalue weighted by atomic mass is 10.2. The minimum Gasteiger partial charge on any atom is -0.510 e. The molecule has 0 saturated heterocycles. The van der Waals surface area contributed by atoms with Crippen LogP contribution >= 0.6 is 11.6 Å². The van der Waals surface area contributed by atoms with E-state index in [0.29, 0.717) is 5.95 Å². The van der Waals surface area contributed by atoms with Gasteiger partial charge < -0.3 is 15.7 Å². The first-order chi connectivity index (χ1) is 7.99. The Balaban J connectivity index is 3.37. The van der Waals surface area contributed by atoms with Crippen LogP contribution in [0.1, 0.15) is 5.82 Å². The molecule has 0 radical (unpaired) electrons. The van der Waals surface area contributed by atoms with Gasteiger partial charge in [-0.05, 0) is 0 Å². The normalized spacial score (nSPS) is 11.6. The summed E-state index contributed by atoms with van der Waals surface area (Å²) in [6.45, 7) is 0. The van der Waals surface area contributed by atoms with Crippen LogP contribution in [-0.4, -0.2) is 40.0 Å². The number of hydrogen-bond donors (Lipinski definition) is 2. The number of nitrogen functional groups attached to an aromatic ring is 1. The highest BCUT2D eigenvalue weighted by atomic mass is 35.5. The number of alkyl halides is 1. The van der Waals surface area contributed by atoms with Gasteiger partial charge >= 0.3 is 0 Å². The van der Waals surface area contributed by atoms with Crippen LogP contribution in [0, 0.1) is 11.3 Å². The molecule has 0 fully saturated rings. The lowest BCUT2D eigenvalue weighted by molar-refractivity contribution is 0.419. The van der Waals surface area contributed by atoms with Crippen LogP contribution in [0.25, 0.3) is 5.57 Å². The zero-order chi connectivity index (χ0) is 13.0. The molecule has 17 heavy (non-hydrogen) atoms. The molecule has 7 nitrogen and oxygen atoms in total. The summed E-state index contributed by atoms with van der Waals surface area (Å²) < 4.78 is 0. The molecule has 0 aliphatic rings. The molecule has 0 aliphatic carbocycles. The molecule has 0 amide bonds. The van der Waals surface area contributed by atoms with Crippen LogP contribution in [0.5, 0.6) is 0 Å². The zero-order valence-electron chi connectivity index (χ0n) is 9.35. The van der Waals surface area contributed by atoms with Gasteiger partial charge in [-0.15, -0.1) is 11.6 Å². The van der Waals surface area contributed by atoms with Crippen LogP contribution in [0.15, 0.2) is 5.76 Å². The Bertz CT molecular complexity index is 493. The largest absolute Gasteiger partial charge is 0.510 e. The Morgan fingerprint density at radius 3 is 2.59 bits per heavy atom. The summed E-state index contributed by atoms with van der Waals surface area (Å²) in [7, 11) is 3.44. The second-order valence-electron chi connectivity index (χ2n) is 3.28. The Labute approximate surface area is 103 Å². The topological polar surface area (TPSA) is 112 Å². The molecule has 0 saturated carbocycles. The summed E-state index contributed by atoms with van der Waals surface area (Å²) in [5.41, 5.74) is 5.38. The van der Waals surface area contributed by atoms with E-state index in [1.807, 2.05) is 0 Å². The van der Waals surface area contributed by atoms with Crippen molar-refractivity contribution in [2.45, 2.75) is 0 Å². The quantitative estimate of drug-likeness (QED) is 0.460. The molecule has 0 atom stereocenters. The number of nitrogens with zero attached hydrogens (tertiary/aromatic N) is 5. The molecular formula is C9H11ClN6O. The van der Waals surface area contributed by atoms with Crippen LogP contribution in [0.4, 0.5) is 11.9 Å². The third-order valence-electron chi connectivity index (χ3n) is 1.79. The van der Waals surface area contributed by atoms with Crippen LogP contribution in [0.2, 0.25) is 0 Å². The maximum atomic E-state index is 9.46. The van der Waals surface area contributed by atoms with Gasteiger partial charge in [-0.1, -0.05) is 0 Å². The minimum absolute atomic E-state index is 0.00171. The maximum Gasteiger partial charge on any atom is 0.230 e. The molecule has 8 heteroatoms. The van der Waals surface area contributed by atoms with Gasteiger partial charge in [0, 0.05) is 14.1 Å². The number of rotatable bonds is 3. The molecule has 1 aromatic rings. The highest BCUT2D eigenvalue weighted by Gasteiger charge is 2.14. The van der Waals surface area contributed by atoms with Crippen molar-refractivity contribution in [2.24, 2.45) is 0 Å². The van der Waals surface area contributed by atoms with Gasteiger partial charge in [0.15, 0.2) is 5.82 Å². The Hall–Kier alpha value is -2.07. The first-order valence-electron chi connectivity index (χ1n) is 4.57. The molecule has 0 spiro atoms. The van der Waals surface area contributed by atoms with Crippen molar-refractivity contribution in [1.29, 1.82) is 5.26 Å². The van der Waals surface area contributed by atoms with Gasteiger partial charge in [0.25, 0.3) is 0 Å².